The van der Waals surface area contributed by atoms with E-state index < -0.39 is 6.10 Å². The minimum absolute atomic E-state index is 0.174. The number of allylic oxidation sites excluding steroid dienone is 6. The van der Waals surface area contributed by atoms with Crippen LogP contribution in [0, 0.1) is 0 Å². The van der Waals surface area contributed by atoms with Crippen molar-refractivity contribution in [2.45, 2.75) is 225 Å². The number of unbranched alkanes of at least 4 members (excludes halogenated alkanes) is 26. The Labute approximate surface area is 306 Å². The monoisotopic (exact) mass is 689 g/mol. The van der Waals surface area contributed by atoms with Crippen LogP contribution in [0.15, 0.2) is 36.5 Å². The van der Waals surface area contributed by atoms with E-state index in [1.165, 1.54) is 173 Å². The van der Waals surface area contributed by atoms with Crippen molar-refractivity contribution in [2.75, 3.05) is 19.8 Å². The smallest absolute Gasteiger partial charge is 0.306 e. The maximum absolute atomic E-state index is 12.2. The lowest BCUT2D eigenvalue weighted by atomic mass is 10.0. The molecule has 0 aliphatic rings. The van der Waals surface area contributed by atoms with Crippen molar-refractivity contribution in [3.63, 3.8) is 0 Å². The summed E-state index contributed by atoms with van der Waals surface area (Å²) in [5.74, 6) is -0.209. The summed E-state index contributed by atoms with van der Waals surface area (Å²) in [5, 5.41) is 9.58. The molecule has 0 saturated heterocycles. The van der Waals surface area contributed by atoms with Crippen molar-refractivity contribution in [3.8, 4) is 0 Å². The first-order valence-corrected chi connectivity index (χ1v) is 21.6. The first-order chi connectivity index (χ1) is 24.2. The van der Waals surface area contributed by atoms with Crippen LogP contribution in [0.3, 0.4) is 0 Å². The quantitative estimate of drug-likeness (QED) is 0.0395. The summed E-state index contributed by atoms with van der Waals surface area (Å²) in [6.07, 6.45) is 53.5. The average Bonchev–Trinajstić information content (AvgIpc) is 3.11. The van der Waals surface area contributed by atoms with Gasteiger partial charge in [-0.25, -0.2) is 0 Å². The van der Waals surface area contributed by atoms with Crippen molar-refractivity contribution in [2.24, 2.45) is 0 Å². The predicted molar refractivity (Wildman–Crippen MR) is 214 cm³/mol. The van der Waals surface area contributed by atoms with E-state index in [9.17, 15) is 9.90 Å². The fourth-order valence-electron chi connectivity index (χ4n) is 6.18. The van der Waals surface area contributed by atoms with E-state index in [4.69, 9.17) is 9.47 Å². The van der Waals surface area contributed by atoms with Gasteiger partial charge in [0.05, 0.1) is 13.2 Å². The first kappa shape index (κ1) is 47.6. The third-order valence-corrected chi connectivity index (χ3v) is 9.44. The van der Waals surface area contributed by atoms with Gasteiger partial charge in [-0.15, -0.1) is 0 Å². The summed E-state index contributed by atoms with van der Waals surface area (Å²) < 4.78 is 11.1. The summed E-state index contributed by atoms with van der Waals surface area (Å²) in [7, 11) is 0. The topological polar surface area (TPSA) is 55.8 Å². The lowest BCUT2D eigenvalue weighted by Crippen LogP contribution is -2.27. The van der Waals surface area contributed by atoms with Crippen LogP contribution in [0.2, 0.25) is 0 Å². The van der Waals surface area contributed by atoms with Crippen molar-refractivity contribution in [3.05, 3.63) is 36.5 Å². The van der Waals surface area contributed by atoms with Crippen LogP contribution in [0.4, 0.5) is 0 Å². The van der Waals surface area contributed by atoms with Gasteiger partial charge < -0.3 is 14.6 Å². The van der Waals surface area contributed by atoms with Crippen LogP contribution in [0.5, 0.6) is 0 Å². The minimum Gasteiger partial charge on any atom is -0.457 e. The van der Waals surface area contributed by atoms with E-state index in [0.29, 0.717) is 19.6 Å². The van der Waals surface area contributed by atoms with Crippen molar-refractivity contribution in [1.82, 2.24) is 0 Å². The average molecular weight is 689 g/mol. The summed E-state index contributed by atoms with van der Waals surface area (Å²) in [6.45, 7) is 5.32. The number of carbonyl (C=O) groups excluding carboxylic acids is 1. The van der Waals surface area contributed by atoms with E-state index in [0.717, 1.165) is 25.7 Å². The van der Waals surface area contributed by atoms with E-state index >= 15 is 0 Å². The van der Waals surface area contributed by atoms with Gasteiger partial charge in [0.2, 0.25) is 0 Å². The molecule has 0 heterocycles. The van der Waals surface area contributed by atoms with E-state index in [1.54, 1.807) is 0 Å². The zero-order chi connectivity index (χ0) is 35.6. The summed E-state index contributed by atoms with van der Waals surface area (Å²) in [4.78, 5) is 12.2. The molecule has 49 heavy (non-hydrogen) atoms. The third kappa shape index (κ3) is 40.9. The summed E-state index contributed by atoms with van der Waals surface area (Å²) in [6, 6.07) is 0. The maximum Gasteiger partial charge on any atom is 0.306 e. The van der Waals surface area contributed by atoms with E-state index in [-0.39, 0.29) is 12.6 Å². The second-order valence-electron chi connectivity index (χ2n) is 14.4. The second kappa shape index (κ2) is 42.8. The van der Waals surface area contributed by atoms with Crippen LogP contribution >= 0.6 is 0 Å². The normalized spacial score (nSPS) is 12.6. The van der Waals surface area contributed by atoms with Gasteiger partial charge in [0, 0.05) is 13.0 Å². The molecule has 0 bridgehead atoms. The molecule has 4 heteroatoms. The molecule has 0 aromatic rings. The number of rotatable bonds is 40. The van der Waals surface area contributed by atoms with Crippen LogP contribution in [0.1, 0.15) is 219 Å². The van der Waals surface area contributed by atoms with Crippen LogP contribution in [-0.2, 0) is 14.3 Å². The van der Waals surface area contributed by atoms with Gasteiger partial charge in [0.25, 0.3) is 0 Å². The van der Waals surface area contributed by atoms with E-state index in [1.807, 2.05) is 0 Å². The molecule has 0 aromatic heterocycles. The first-order valence-electron chi connectivity index (χ1n) is 21.6. The Morgan fingerprint density at radius 2 is 0.857 bits per heavy atom. The molecule has 4 nitrogen and oxygen atoms in total. The van der Waals surface area contributed by atoms with Crippen LogP contribution in [0.25, 0.3) is 0 Å². The van der Waals surface area contributed by atoms with Gasteiger partial charge in [-0.3, -0.25) is 4.79 Å². The standard InChI is InChI=1S/C45H84O4/c1-3-5-7-9-11-13-15-17-18-19-20-21-22-23-24-25-26-27-29-31-33-35-37-39-41-48-43-44(42-46)49-45(47)40-38-36-34-32-30-28-16-14-12-10-8-6-4-2/h14-17,19-20,44,46H,3-13,18,21-43H2,1-2H3/b16-14-,17-15-,20-19-. The SMILES string of the molecule is CCCCCC/C=C\CCCCCCCC(=O)OC(CO)COCCCCCCCCCCCCCC/C=C\C/C=C\CCCCCCC. The molecular formula is C45H84O4. The van der Waals surface area contributed by atoms with Gasteiger partial charge in [-0.05, 0) is 70.6 Å². The Bertz CT molecular complexity index is 728. The molecule has 1 atom stereocenters. The number of hydrogen-bond donors (Lipinski definition) is 1. The number of ether oxygens (including phenoxy) is 2. The molecule has 0 spiro atoms. The van der Waals surface area contributed by atoms with Gasteiger partial charge >= 0.3 is 5.97 Å². The molecular weight excluding hydrogens is 604 g/mol. The van der Waals surface area contributed by atoms with Gasteiger partial charge in [-0.2, -0.15) is 0 Å². The second-order valence-corrected chi connectivity index (χ2v) is 14.4. The molecule has 0 aliphatic carbocycles. The largest absolute Gasteiger partial charge is 0.457 e. The highest BCUT2D eigenvalue weighted by atomic mass is 16.6. The molecule has 0 aromatic carbocycles. The fraction of sp³-hybridized carbons (Fsp3) is 0.844. The molecule has 1 unspecified atom stereocenters. The van der Waals surface area contributed by atoms with Gasteiger partial charge in [-0.1, -0.05) is 179 Å². The summed E-state index contributed by atoms with van der Waals surface area (Å²) in [5.41, 5.74) is 0. The Balaban J connectivity index is 3.40. The number of esters is 1. The highest BCUT2D eigenvalue weighted by Gasteiger charge is 2.13. The number of hydrogen-bond acceptors (Lipinski definition) is 4. The van der Waals surface area contributed by atoms with Gasteiger partial charge in [0.1, 0.15) is 6.10 Å². The summed E-state index contributed by atoms with van der Waals surface area (Å²) >= 11 is 0. The molecule has 0 fully saturated rings. The molecule has 0 aliphatic heterocycles. The predicted octanol–water partition coefficient (Wildman–Crippen LogP) is 14.1. The van der Waals surface area contributed by atoms with Crippen LogP contribution in [-0.4, -0.2) is 37.0 Å². The van der Waals surface area contributed by atoms with E-state index in [2.05, 4.69) is 50.3 Å². The molecule has 0 amide bonds. The highest BCUT2D eigenvalue weighted by Crippen LogP contribution is 2.14. The van der Waals surface area contributed by atoms with Crippen LogP contribution < -0.4 is 0 Å². The molecule has 0 radical (unpaired) electrons. The Kier molecular flexibility index (Phi) is 41.6. The number of aliphatic hydroxyl groups is 1. The molecule has 0 saturated carbocycles. The molecule has 1 N–H and O–H groups in total. The van der Waals surface area contributed by atoms with Crippen molar-refractivity contribution >= 4 is 5.97 Å². The lowest BCUT2D eigenvalue weighted by Gasteiger charge is -2.15. The highest BCUT2D eigenvalue weighted by molar-refractivity contribution is 5.69. The Morgan fingerprint density at radius 3 is 1.31 bits per heavy atom. The zero-order valence-electron chi connectivity index (χ0n) is 33.0. The molecule has 0 rings (SSSR count). The van der Waals surface area contributed by atoms with Crippen molar-refractivity contribution in [1.29, 1.82) is 0 Å². The number of aliphatic hydroxyl groups excluding tert-OH is 1. The third-order valence-electron chi connectivity index (χ3n) is 9.44. The molecule has 288 valence electrons. The van der Waals surface area contributed by atoms with Gasteiger partial charge in [0.15, 0.2) is 0 Å². The minimum atomic E-state index is -0.537. The van der Waals surface area contributed by atoms with Crippen molar-refractivity contribution < 1.29 is 19.4 Å². The fourth-order valence-corrected chi connectivity index (χ4v) is 6.18. The Hall–Kier alpha value is -1.39. The lowest BCUT2D eigenvalue weighted by molar-refractivity contribution is -0.154. The Morgan fingerprint density at radius 1 is 0.490 bits per heavy atom. The number of carbonyl (C=O) groups is 1. The maximum atomic E-state index is 12.2. The zero-order valence-corrected chi connectivity index (χ0v) is 33.0.